The lowest BCUT2D eigenvalue weighted by Crippen LogP contribution is -2.45. The van der Waals surface area contributed by atoms with Crippen molar-refractivity contribution in [2.75, 3.05) is 11.4 Å². The van der Waals surface area contributed by atoms with Crippen LogP contribution in [0.4, 0.5) is 5.69 Å². The van der Waals surface area contributed by atoms with Crippen LogP contribution >= 0.6 is 11.8 Å². The quantitative estimate of drug-likeness (QED) is 0.870. The Kier molecular flexibility index (Phi) is 4.99. The summed E-state index contributed by atoms with van der Waals surface area (Å²) >= 11 is 1.17. The van der Waals surface area contributed by atoms with Crippen molar-refractivity contribution < 1.29 is 9.59 Å². The smallest absolute Gasteiger partial charge is 0.243 e. The van der Waals surface area contributed by atoms with Crippen molar-refractivity contribution in [1.29, 1.82) is 10.5 Å². The third kappa shape index (κ3) is 3.20. The van der Waals surface area contributed by atoms with Crippen LogP contribution in [-0.4, -0.2) is 23.6 Å². The fraction of sp³-hybridized carbons (Fsp3) is 0.400. The molecule has 1 aromatic carbocycles. The summed E-state index contributed by atoms with van der Waals surface area (Å²) in [6, 6.07) is 11.9. The fourth-order valence-electron chi connectivity index (χ4n) is 3.53. The number of allylic oxidation sites excluding steroid dienone is 1. The Morgan fingerprint density at radius 1 is 1.37 bits per heavy atom. The van der Waals surface area contributed by atoms with Gasteiger partial charge in [0, 0.05) is 17.6 Å². The summed E-state index contributed by atoms with van der Waals surface area (Å²) in [4.78, 5) is 27.0. The van der Waals surface area contributed by atoms with E-state index < -0.39 is 22.5 Å². The molecule has 2 amide bonds. The Bertz CT molecular complexity index is 923. The van der Waals surface area contributed by atoms with Gasteiger partial charge < -0.3 is 10.2 Å². The van der Waals surface area contributed by atoms with Crippen LogP contribution in [-0.2, 0) is 16.0 Å². The van der Waals surface area contributed by atoms with Gasteiger partial charge in [-0.3, -0.25) is 9.59 Å². The minimum atomic E-state index is -0.937. The molecular weight excluding hydrogens is 360 g/mol. The second-order valence-corrected chi connectivity index (χ2v) is 8.57. The number of anilines is 1. The molecule has 2 aliphatic heterocycles. The number of benzene rings is 1. The minimum absolute atomic E-state index is 0.0656. The molecule has 0 spiro atoms. The van der Waals surface area contributed by atoms with Crippen LogP contribution in [0.3, 0.4) is 0 Å². The monoisotopic (exact) mass is 380 g/mol. The molecule has 2 aliphatic rings. The first kappa shape index (κ1) is 19.0. The van der Waals surface area contributed by atoms with Gasteiger partial charge in [0.05, 0.1) is 28.0 Å². The van der Waals surface area contributed by atoms with Gasteiger partial charge in [0.25, 0.3) is 0 Å². The predicted molar refractivity (Wildman–Crippen MR) is 103 cm³/mol. The van der Waals surface area contributed by atoms with Crippen molar-refractivity contribution in [2.45, 2.75) is 32.4 Å². The highest BCUT2D eigenvalue weighted by atomic mass is 32.2. The highest BCUT2D eigenvalue weighted by Gasteiger charge is 2.45. The van der Waals surface area contributed by atoms with Gasteiger partial charge >= 0.3 is 0 Å². The van der Waals surface area contributed by atoms with E-state index in [0.717, 1.165) is 17.7 Å². The SMILES string of the molecule is C[C@H](SC1=C(C#N)C(C)(C)[C@@H](C#N)C(=O)N1)C(=O)N1CCc2ccccc21. The van der Waals surface area contributed by atoms with E-state index in [1.807, 2.05) is 30.3 Å². The zero-order valence-corrected chi connectivity index (χ0v) is 16.3. The second-order valence-electron chi connectivity index (χ2n) is 7.22. The molecule has 0 radical (unpaired) electrons. The van der Waals surface area contributed by atoms with E-state index in [2.05, 4.69) is 11.4 Å². The molecular formula is C20H20N4O2S. The summed E-state index contributed by atoms with van der Waals surface area (Å²) < 4.78 is 0. The summed E-state index contributed by atoms with van der Waals surface area (Å²) in [7, 11) is 0. The number of hydrogen-bond acceptors (Lipinski definition) is 5. The average Bonchev–Trinajstić information content (AvgIpc) is 3.04. The maximum absolute atomic E-state index is 13.0. The Balaban J connectivity index is 1.85. The Morgan fingerprint density at radius 2 is 2.07 bits per heavy atom. The third-order valence-corrected chi connectivity index (χ3v) is 6.23. The molecule has 1 N–H and O–H groups in total. The first-order valence-electron chi connectivity index (χ1n) is 8.72. The normalized spacial score (nSPS) is 21.7. The first-order chi connectivity index (χ1) is 12.8. The van der Waals surface area contributed by atoms with Gasteiger partial charge in [0.15, 0.2) is 0 Å². The Morgan fingerprint density at radius 3 is 2.74 bits per heavy atom. The van der Waals surface area contributed by atoms with Gasteiger partial charge in [-0.1, -0.05) is 43.8 Å². The van der Waals surface area contributed by atoms with Crippen molar-refractivity contribution in [3.8, 4) is 12.1 Å². The lowest BCUT2D eigenvalue weighted by atomic mass is 9.72. The number of rotatable bonds is 3. The summed E-state index contributed by atoms with van der Waals surface area (Å²) in [6.45, 7) is 5.82. The van der Waals surface area contributed by atoms with E-state index in [9.17, 15) is 20.1 Å². The Hall–Kier alpha value is -2.77. The fourth-order valence-corrected chi connectivity index (χ4v) is 4.70. The molecule has 2 atom stereocenters. The lowest BCUT2D eigenvalue weighted by Gasteiger charge is -2.35. The van der Waals surface area contributed by atoms with E-state index in [-0.39, 0.29) is 5.91 Å². The van der Waals surface area contributed by atoms with Crippen molar-refractivity contribution >= 4 is 29.3 Å². The van der Waals surface area contributed by atoms with Gasteiger partial charge in [-0.2, -0.15) is 10.5 Å². The summed E-state index contributed by atoms with van der Waals surface area (Å²) in [6.07, 6.45) is 0.819. The number of thioether (sulfide) groups is 1. The molecule has 27 heavy (non-hydrogen) atoms. The maximum atomic E-state index is 13.0. The molecule has 0 saturated carbocycles. The first-order valence-corrected chi connectivity index (χ1v) is 9.60. The van der Waals surface area contributed by atoms with Crippen LogP contribution in [0.2, 0.25) is 0 Å². The number of carbonyl (C=O) groups is 2. The van der Waals surface area contributed by atoms with Crippen molar-refractivity contribution in [2.24, 2.45) is 11.3 Å². The summed E-state index contributed by atoms with van der Waals surface area (Å²) in [5.41, 5.74) is 1.49. The van der Waals surface area contributed by atoms with Gasteiger partial charge in [-0.15, -0.1) is 0 Å². The standard InChI is InChI=1S/C20H20N4O2S/c1-12(19(26)24-9-8-13-6-4-5-7-16(13)24)27-18-15(11-22)20(2,3)14(10-21)17(25)23-18/h4-7,12,14H,8-9H2,1-3H3,(H,23,25)/t12-,14-/m0/s1. The van der Waals surface area contributed by atoms with Crippen LogP contribution in [0, 0.1) is 34.0 Å². The molecule has 6 nitrogen and oxygen atoms in total. The molecule has 1 aromatic rings. The van der Waals surface area contributed by atoms with Crippen molar-refractivity contribution in [3.63, 3.8) is 0 Å². The molecule has 0 bridgehead atoms. The summed E-state index contributed by atoms with van der Waals surface area (Å²) in [5, 5.41) is 21.4. The van der Waals surface area contributed by atoms with Gasteiger partial charge in [-0.25, -0.2) is 0 Å². The Labute approximate surface area is 162 Å². The van der Waals surface area contributed by atoms with Crippen LogP contribution in [0.15, 0.2) is 34.9 Å². The number of nitriles is 2. The third-order valence-electron chi connectivity index (χ3n) is 5.13. The maximum Gasteiger partial charge on any atom is 0.243 e. The minimum Gasteiger partial charge on any atom is -0.319 e. The number of nitrogens with zero attached hydrogens (tertiary/aromatic N) is 3. The molecule has 7 heteroatoms. The zero-order valence-electron chi connectivity index (χ0n) is 15.4. The van der Waals surface area contributed by atoms with E-state index in [1.165, 1.54) is 11.8 Å². The lowest BCUT2D eigenvalue weighted by molar-refractivity contribution is -0.125. The number of para-hydroxylation sites is 1. The van der Waals surface area contributed by atoms with Crippen LogP contribution in [0.5, 0.6) is 0 Å². The van der Waals surface area contributed by atoms with Crippen LogP contribution < -0.4 is 10.2 Å². The van der Waals surface area contributed by atoms with Gasteiger partial charge in [0.1, 0.15) is 5.92 Å². The number of carbonyl (C=O) groups excluding carboxylic acids is 2. The molecule has 0 aromatic heterocycles. The van der Waals surface area contributed by atoms with Crippen LogP contribution in [0.25, 0.3) is 0 Å². The predicted octanol–water partition coefficient (Wildman–Crippen LogP) is 2.73. The van der Waals surface area contributed by atoms with E-state index in [1.54, 1.807) is 25.7 Å². The number of amides is 2. The zero-order chi connectivity index (χ0) is 19.8. The second kappa shape index (κ2) is 7.09. The molecule has 0 unspecified atom stereocenters. The number of nitrogens with one attached hydrogen (secondary N) is 1. The molecule has 0 aliphatic carbocycles. The van der Waals surface area contributed by atoms with E-state index >= 15 is 0 Å². The topological polar surface area (TPSA) is 97.0 Å². The van der Waals surface area contributed by atoms with Crippen molar-refractivity contribution in [1.82, 2.24) is 5.32 Å². The largest absolute Gasteiger partial charge is 0.319 e. The summed E-state index contributed by atoms with van der Waals surface area (Å²) in [5.74, 6) is -1.44. The highest BCUT2D eigenvalue weighted by Crippen LogP contribution is 2.43. The molecule has 3 rings (SSSR count). The number of hydrogen-bond donors (Lipinski definition) is 1. The van der Waals surface area contributed by atoms with Crippen molar-refractivity contribution in [3.05, 3.63) is 40.4 Å². The van der Waals surface area contributed by atoms with E-state index in [0.29, 0.717) is 17.1 Å². The molecule has 0 saturated heterocycles. The molecule has 0 fully saturated rings. The van der Waals surface area contributed by atoms with Crippen LogP contribution in [0.1, 0.15) is 26.3 Å². The number of fused-ring (bicyclic) bond motifs is 1. The average molecular weight is 380 g/mol. The highest BCUT2D eigenvalue weighted by molar-refractivity contribution is 8.04. The van der Waals surface area contributed by atoms with Gasteiger partial charge in [0.2, 0.25) is 11.8 Å². The molecule has 138 valence electrons. The van der Waals surface area contributed by atoms with Gasteiger partial charge in [-0.05, 0) is 25.0 Å². The molecule has 2 heterocycles. The van der Waals surface area contributed by atoms with E-state index in [4.69, 9.17) is 0 Å².